The number of thiophene rings is 1. The van der Waals surface area contributed by atoms with Gasteiger partial charge in [-0.1, -0.05) is 19.1 Å². The second-order valence-corrected chi connectivity index (χ2v) is 5.97. The molecule has 1 heterocycles. The Hall–Kier alpha value is -0.840. The number of hydrogen-bond acceptors (Lipinski definition) is 3. The lowest BCUT2D eigenvalue weighted by Gasteiger charge is -2.06. The number of halogens is 1. The molecule has 1 N–H and O–H groups in total. The molecule has 2 aromatic rings. The van der Waals surface area contributed by atoms with E-state index in [4.69, 9.17) is 4.74 Å². The van der Waals surface area contributed by atoms with Crippen molar-refractivity contribution in [1.82, 2.24) is 5.32 Å². The Morgan fingerprint density at radius 2 is 1.94 bits per heavy atom. The maximum atomic E-state index is 5.78. The average molecular weight is 326 g/mol. The molecule has 0 saturated heterocycles. The van der Waals surface area contributed by atoms with E-state index in [1.807, 2.05) is 24.3 Å². The fraction of sp³-hybridized carbons (Fsp3) is 0.286. The minimum absolute atomic E-state index is 0.624. The van der Waals surface area contributed by atoms with Crippen LogP contribution in [-0.2, 0) is 13.2 Å². The molecule has 4 heteroatoms. The summed E-state index contributed by atoms with van der Waals surface area (Å²) in [5.74, 6) is 0.888. The monoisotopic (exact) mass is 325 g/mol. The summed E-state index contributed by atoms with van der Waals surface area (Å²) in [6.07, 6.45) is 0. The van der Waals surface area contributed by atoms with Crippen LogP contribution < -0.4 is 10.1 Å². The summed E-state index contributed by atoms with van der Waals surface area (Å²) in [7, 11) is 0. The predicted octanol–water partition coefficient (Wildman–Crippen LogP) is 4.20. The number of rotatable bonds is 6. The highest BCUT2D eigenvalue weighted by molar-refractivity contribution is 9.10. The van der Waals surface area contributed by atoms with Crippen LogP contribution in [0.5, 0.6) is 5.75 Å². The third kappa shape index (κ3) is 3.83. The second-order valence-electron chi connectivity index (χ2n) is 3.87. The van der Waals surface area contributed by atoms with Crippen LogP contribution in [0.4, 0.5) is 0 Å². The largest absolute Gasteiger partial charge is 0.487 e. The molecule has 0 atom stereocenters. The highest BCUT2D eigenvalue weighted by Gasteiger charge is 2.03. The number of nitrogens with one attached hydrogen (secondary N) is 1. The Kier molecular flexibility index (Phi) is 5.23. The maximum absolute atomic E-state index is 5.78. The lowest BCUT2D eigenvalue weighted by Crippen LogP contribution is -2.10. The van der Waals surface area contributed by atoms with E-state index in [2.05, 4.69) is 40.3 Å². The van der Waals surface area contributed by atoms with Crippen LogP contribution in [0.2, 0.25) is 0 Å². The molecule has 1 aromatic carbocycles. The zero-order valence-electron chi connectivity index (χ0n) is 10.3. The molecule has 0 saturated carbocycles. The third-order valence-electron chi connectivity index (χ3n) is 2.47. The second kappa shape index (κ2) is 6.92. The maximum Gasteiger partial charge on any atom is 0.134 e. The molecule has 96 valence electrons. The fourth-order valence-corrected chi connectivity index (χ4v) is 2.85. The Balaban J connectivity index is 1.90. The van der Waals surface area contributed by atoms with Crippen LogP contribution in [0.1, 0.15) is 16.7 Å². The Bertz CT molecular complexity index is 498. The molecule has 0 radical (unpaired) electrons. The summed E-state index contributed by atoms with van der Waals surface area (Å²) in [6.45, 7) is 4.68. The molecular formula is C14H16BrNOS. The summed E-state index contributed by atoms with van der Waals surface area (Å²) in [5.41, 5.74) is 0. The van der Waals surface area contributed by atoms with Crippen LogP contribution in [0.3, 0.4) is 0 Å². The first-order valence-corrected chi connectivity index (χ1v) is 7.56. The molecule has 0 bridgehead atoms. The summed E-state index contributed by atoms with van der Waals surface area (Å²) >= 11 is 5.27. The molecule has 0 aliphatic rings. The highest BCUT2D eigenvalue weighted by Crippen LogP contribution is 2.26. The average Bonchev–Trinajstić information content (AvgIpc) is 2.83. The first kappa shape index (κ1) is 13.6. The van der Waals surface area contributed by atoms with Gasteiger partial charge in [0.2, 0.25) is 0 Å². The van der Waals surface area contributed by atoms with Crippen molar-refractivity contribution in [3.63, 3.8) is 0 Å². The Morgan fingerprint density at radius 1 is 1.17 bits per heavy atom. The van der Waals surface area contributed by atoms with E-state index in [1.54, 1.807) is 11.3 Å². The number of benzene rings is 1. The third-order valence-corrected chi connectivity index (χ3v) is 4.19. The predicted molar refractivity (Wildman–Crippen MR) is 80.2 cm³/mol. The van der Waals surface area contributed by atoms with Crippen LogP contribution in [0.25, 0.3) is 0 Å². The molecule has 0 aliphatic carbocycles. The topological polar surface area (TPSA) is 21.3 Å². The van der Waals surface area contributed by atoms with Crippen molar-refractivity contribution in [1.29, 1.82) is 0 Å². The van der Waals surface area contributed by atoms with Crippen LogP contribution >= 0.6 is 27.3 Å². The molecule has 0 amide bonds. The van der Waals surface area contributed by atoms with Crippen molar-refractivity contribution < 1.29 is 4.74 Å². The van der Waals surface area contributed by atoms with Crippen LogP contribution in [-0.4, -0.2) is 6.54 Å². The van der Waals surface area contributed by atoms with Crippen molar-refractivity contribution >= 4 is 27.3 Å². The standard InChI is InChI=1S/C14H16BrNOS/c1-2-16-9-11-7-8-12(18-11)10-17-14-6-4-3-5-13(14)15/h3-8,16H,2,9-10H2,1H3. The molecule has 18 heavy (non-hydrogen) atoms. The lowest BCUT2D eigenvalue weighted by molar-refractivity contribution is 0.308. The normalized spacial score (nSPS) is 10.6. The van der Waals surface area contributed by atoms with Gasteiger partial charge in [-0.15, -0.1) is 11.3 Å². The van der Waals surface area contributed by atoms with E-state index in [9.17, 15) is 0 Å². The van der Waals surface area contributed by atoms with Gasteiger partial charge >= 0.3 is 0 Å². The number of para-hydroxylation sites is 1. The molecular weight excluding hydrogens is 310 g/mol. The van der Waals surface area contributed by atoms with Gasteiger partial charge in [-0.25, -0.2) is 0 Å². The summed E-state index contributed by atoms with van der Waals surface area (Å²) in [6, 6.07) is 12.2. The van der Waals surface area contributed by atoms with Crippen LogP contribution in [0, 0.1) is 0 Å². The van der Waals surface area contributed by atoms with Gasteiger partial charge in [0.15, 0.2) is 0 Å². The van der Waals surface area contributed by atoms with E-state index in [-0.39, 0.29) is 0 Å². The number of hydrogen-bond donors (Lipinski definition) is 1. The van der Waals surface area contributed by atoms with Crippen molar-refractivity contribution in [3.8, 4) is 5.75 Å². The minimum Gasteiger partial charge on any atom is -0.487 e. The van der Waals surface area contributed by atoms with Gasteiger partial charge in [0.1, 0.15) is 12.4 Å². The summed E-state index contributed by atoms with van der Waals surface area (Å²) in [5, 5.41) is 3.32. The SMILES string of the molecule is CCNCc1ccc(COc2ccccc2Br)s1. The Labute approximate surface area is 120 Å². The first-order chi connectivity index (χ1) is 8.79. The van der Waals surface area contributed by atoms with Gasteiger partial charge in [0.05, 0.1) is 4.47 Å². The quantitative estimate of drug-likeness (QED) is 0.859. The fourth-order valence-electron chi connectivity index (χ4n) is 1.55. The molecule has 2 nitrogen and oxygen atoms in total. The van der Waals surface area contributed by atoms with Crippen molar-refractivity contribution in [2.75, 3.05) is 6.54 Å². The van der Waals surface area contributed by atoms with E-state index >= 15 is 0 Å². The Morgan fingerprint density at radius 3 is 2.72 bits per heavy atom. The molecule has 2 rings (SSSR count). The summed E-state index contributed by atoms with van der Waals surface area (Å²) in [4.78, 5) is 2.60. The van der Waals surface area contributed by atoms with Gasteiger partial charge in [-0.05, 0) is 46.7 Å². The highest BCUT2D eigenvalue weighted by atomic mass is 79.9. The minimum atomic E-state index is 0.624. The smallest absolute Gasteiger partial charge is 0.134 e. The van der Waals surface area contributed by atoms with E-state index in [0.717, 1.165) is 23.3 Å². The van der Waals surface area contributed by atoms with Crippen molar-refractivity contribution in [3.05, 3.63) is 50.6 Å². The van der Waals surface area contributed by atoms with E-state index < -0.39 is 0 Å². The summed E-state index contributed by atoms with van der Waals surface area (Å²) < 4.78 is 6.78. The molecule has 0 aliphatic heterocycles. The molecule has 0 fully saturated rings. The van der Waals surface area contributed by atoms with Gasteiger partial charge in [0.25, 0.3) is 0 Å². The molecule has 1 aromatic heterocycles. The van der Waals surface area contributed by atoms with Gasteiger partial charge in [-0.3, -0.25) is 0 Å². The van der Waals surface area contributed by atoms with Crippen molar-refractivity contribution in [2.45, 2.75) is 20.1 Å². The van der Waals surface area contributed by atoms with Gasteiger partial charge in [0, 0.05) is 16.3 Å². The molecule has 0 spiro atoms. The number of ether oxygens (including phenoxy) is 1. The van der Waals surface area contributed by atoms with E-state index in [0.29, 0.717) is 6.61 Å². The molecule has 0 unspecified atom stereocenters. The van der Waals surface area contributed by atoms with Crippen LogP contribution in [0.15, 0.2) is 40.9 Å². The zero-order valence-corrected chi connectivity index (χ0v) is 12.7. The van der Waals surface area contributed by atoms with E-state index in [1.165, 1.54) is 9.75 Å². The van der Waals surface area contributed by atoms with Gasteiger partial charge < -0.3 is 10.1 Å². The zero-order chi connectivity index (χ0) is 12.8. The first-order valence-electron chi connectivity index (χ1n) is 5.95. The van der Waals surface area contributed by atoms with Gasteiger partial charge in [-0.2, -0.15) is 0 Å². The lowest BCUT2D eigenvalue weighted by atomic mass is 10.3. The van der Waals surface area contributed by atoms with Crippen molar-refractivity contribution in [2.24, 2.45) is 0 Å².